The van der Waals surface area contributed by atoms with Gasteiger partial charge in [-0.1, -0.05) is 23.7 Å². The first-order valence-electron chi connectivity index (χ1n) is 6.49. The summed E-state index contributed by atoms with van der Waals surface area (Å²) in [6.45, 7) is 1.99. The molecule has 0 unspecified atom stereocenters. The minimum atomic E-state index is -0.633. The highest BCUT2D eigenvalue weighted by Crippen LogP contribution is 2.16. The summed E-state index contributed by atoms with van der Waals surface area (Å²) in [7, 11) is 0. The maximum atomic E-state index is 12.8. The van der Waals surface area contributed by atoms with Gasteiger partial charge in [0.2, 0.25) is 0 Å². The number of benzene rings is 2. The van der Waals surface area contributed by atoms with E-state index in [4.69, 9.17) is 16.3 Å². The summed E-state index contributed by atoms with van der Waals surface area (Å²) in [5.74, 6) is 0.0302. The number of rotatable bonds is 5. The SMILES string of the molecule is C[C@@H](Oc1ccc(Cl)cc1)C(=O)NCc1ccc(F)cc1. The van der Waals surface area contributed by atoms with Crippen LogP contribution in [0.3, 0.4) is 0 Å². The van der Waals surface area contributed by atoms with Gasteiger partial charge >= 0.3 is 0 Å². The number of carbonyl (C=O) groups is 1. The highest BCUT2D eigenvalue weighted by molar-refractivity contribution is 6.30. The topological polar surface area (TPSA) is 38.3 Å². The molecule has 0 aliphatic rings. The Balaban J connectivity index is 1.84. The van der Waals surface area contributed by atoms with E-state index in [2.05, 4.69) is 5.32 Å². The zero-order chi connectivity index (χ0) is 15.2. The van der Waals surface area contributed by atoms with Crippen molar-refractivity contribution >= 4 is 17.5 Å². The Kier molecular flexibility index (Phi) is 5.17. The Morgan fingerprint density at radius 2 is 1.81 bits per heavy atom. The van der Waals surface area contributed by atoms with Crippen LogP contribution in [0.15, 0.2) is 48.5 Å². The molecule has 0 aliphatic carbocycles. The van der Waals surface area contributed by atoms with Crippen molar-refractivity contribution in [1.82, 2.24) is 5.32 Å². The summed E-state index contributed by atoms with van der Waals surface area (Å²) in [5.41, 5.74) is 0.823. The molecule has 0 aliphatic heterocycles. The van der Waals surface area contributed by atoms with Gasteiger partial charge in [-0.05, 0) is 48.9 Å². The van der Waals surface area contributed by atoms with Crippen LogP contribution in [0, 0.1) is 5.82 Å². The fraction of sp³-hybridized carbons (Fsp3) is 0.188. The van der Waals surface area contributed by atoms with Gasteiger partial charge in [0.15, 0.2) is 6.10 Å². The standard InChI is InChI=1S/C16H15ClFNO2/c1-11(21-15-8-4-13(17)5-9-15)16(20)19-10-12-2-6-14(18)7-3-12/h2-9,11H,10H2,1H3,(H,19,20)/t11-/m1/s1. The average molecular weight is 308 g/mol. The normalized spacial score (nSPS) is 11.8. The molecule has 2 rings (SSSR count). The van der Waals surface area contributed by atoms with Gasteiger partial charge in [-0.15, -0.1) is 0 Å². The zero-order valence-corrected chi connectivity index (χ0v) is 12.2. The third kappa shape index (κ3) is 4.76. The predicted octanol–water partition coefficient (Wildman–Crippen LogP) is 3.56. The molecule has 3 nitrogen and oxygen atoms in total. The summed E-state index contributed by atoms with van der Waals surface area (Å²) in [6, 6.07) is 12.8. The maximum absolute atomic E-state index is 12.8. The minimum absolute atomic E-state index is 0.241. The molecular weight excluding hydrogens is 293 g/mol. The van der Waals surface area contributed by atoms with Crippen molar-refractivity contribution in [3.8, 4) is 5.75 Å². The first-order valence-corrected chi connectivity index (χ1v) is 6.87. The molecule has 21 heavy (non-hydrogen) atoms. The highest BCUT2D eigenvalue weighted by Gasteiger charge is 2.14. The van der Waals surface area contributed by atoms with Crippen molar-refractivity contribution in [2.24, 2.45) is 0 Å². The lowest BCUT2D eigenvalue weighted by atomic mass is 10.2. The van der Waals surface area contributed by atoms with Gasteiger partial charge in [0, 0.05) is 11.6 Å². The molecular formula is C16H15ClFNO2. The third-order valence-corrected chi connectivity index (χ3v) is 3.13. The van der Waals surface area contributed by atoms with Crippen LogP contribution in [-0.4, -0.2) is 12.0 Å². The Labute approximate surface area is 127 Å². The lowest BCUT2D eigenvalue weighted by Crippen LogP contribution is -2.35. The van der Waals surface area contributed by atoms with Crippen LogP contribution < -0.4 is 10.1 Å². The van der Waals surface area contributed by atoms with E-state index in [0.29, 0.717) is 17.3 Å². The Bertz CT molecular complexity index is 599. The number of hydrogen-bond donors (Lipinski definition) is 1. The number of ether oxygens (including phenoxy) is 1. The summed E-state index contributed by atoms with van der Waals surface area (Å²) < 4.78 is 18.3. The van der Waals surface area contributed by atoms with Crippen LogP contribution in [0.4, 0.5) is 4.39 Å². The van der Waals surface area contributed by atoms with E-state index in [0.717, 1.165) is 5.56 Å². The zero-order valence-electron chi connectivity index (χ0n) is 11.5. The molecule has 110 valence electrons. The number of nitrogens with one attached hydrogen (secondary N) is 1. The van der Waals surface area contributed by atoms with Crippen molar-refractivity contribution < 1.29 is 13.9 Å². The quantitative estimate of drug-likeness (QED) is 0.917. The number of amides is 1. The van der Waals surface area contributed by atoms with Crippen molar-refractivity contribution in [2.45, 2.75) is 19.6 Å². The molecule has 0 heterocycles. The van der Waals surface area contributed by atoms with Crippen LogP contribution in [0.5, 0.6) is 5.75 Å². The van der Waals surface area contributed by atoms with Crippen molar-refractivity contribution in [3.63, 3.8) is 0 Å². The van der Waals surface area contributed by atoms with Gasteiger partial charge in [0.25, 0.3) is 5.91 Å². The minimum Gasteiger partial charge on any atom is -0.481 e. The van der Waals surface area contributed by atoms with Crippen LogP contribution >= 0.6 is 11.6 Å². The second-order valence-electron chi connectivity index (χ2n) is 4.56. The van der Waals surface area contributed by atoms with Crippen molar-refractivity contribution in [3.05, 3.63) is 64.9 Å². The van der Waals surface area contributed by atoms with Crippen LogP contribution in [0.2, 0.25) is 5.02 Å². The van der Waals surface area contributed by atoms with Gasteiger partial charge in [0.1, 0.15) is 11.6 Å². The van der Waals surface area contributed by atoms with E-state index < -0.39 is 6.10 Å². The summed E-state index contributed by atoms with van der Waals surface area (Å²) >= 11 is 5.78. The predicted molar refractivity (Wildman–Crippen MR) is 79.8 cm³/mol. The van der Waals surface area contributed by atoms with E-state index >= 15 is 0 Å². The smallest absolute Gasteiger partial charge is 0.261 e. The number of halogens is 2. The molecule has 0 aromatic heterocycles. The van der Waals surface area contributed by atoms with Gasteiger partial charge in [0.05, 0.1) is 0 Å². The summed E-state index contributed by atoms with van der Waals surface area (Å²) in [6.07, 6.45) is -0.633. The van der Waals surface area contributed by atoms with Crippen LogP contribution in [-0.2, 0) is 11.3 Å². The lowest BCUT2D eigenvalue weighted by molar-refractivity contribution is -0.127. The van der Waals surface area contributed by atoms with E-state index in [1.54, 1.807) is 43.3 Å². The first-order chi connectivity index (χ1) is 10.0. The van der Waals surface area contributed by atoms with Crippen LogP contribution in [0.25, 0.3) is 0 Å². The molecule has 1 N–H and O–H groups in total. The molecule has 0 fully saturated rings. The molecule has 0 radical (unpaired) electrons. The fourth-order valence-electron chi connectivity index (χ4n) is 1.71. The molecule has 1 amide bonds. The van der Waals surface area contributed by atoms with Gasteiger partial charge in [-0.25, -0.2) is 4.39 Å². The summed E-state index contributed by atoms with van der Waals surface area (Å²) in [5, 5.41) is 3.34. The first kappa shape index (κ1) is 15.3. The number of carbonyl (C=O) groups excluding carboxylic acids is 1. The number of hydrogen-bond acceptors (Lipinski definition) is 2. The van der Waals surface area contributed by atoms with Crippen molar-refractivity contribution in [1.29, 1.82) is 0 Å². The second-order valence-corrected chi connectivity index (χ2v) is 4.99. The van der Waals surface area contributed by atoms with E-state index in [1.165, 1.54) is 12.1 Å². The van der Waals surface area contributed by atoms with Crippen molar-refractivity contribution in [2.75, 3.05) is 0 Å². The fourth-order valence-corrected chi connectivity index (χ4v) is 1.83. The summed E-state index contributed by atoms with van der Waals surface area (Å²) in [4.78, 5) is 11.9. The molecule has 2 aromatic carbocycles. The molecule has 5 heteroatoms. The lowest BCUT2D eigenvalue weighted by Gasteiger charge is -2.14. The van der Waals surface area contributed by atoms with E-state index in [-0.39, 0.29) is 11.7 Å². The molecule has 0 saturated heterocycles. The molecule has 0 saturated carbocycles. The maximum Gasteiger partial charge on any atom is 0.261 e. The van der Waals surface area contributed by atoms with Gasteiger partial charge in [-0.2, -0.15) is 0 Å². The van der Waals surface area contributed by atoms with Gasteiger partial charge < -0.3 is 10.1 Å². The van der Waals surface area contributed by atoms with Crippen LogP contribution in [0.1, 0.15) is 12.5 Å². The van der Waals surface area contributed by atoms with Gasteiger partial charge in [-0.3, -0.25) is 4.79 Å². The third-order valence-electron chi connectivity index (χ3n) is 2.88. The Morgan fingerprint density at radius 1 is 1.19 bits per heavy atom. The Morgan fingerprint density at radius 3 is 2.43 bits per heavy atom. The van der Waals surface area contributed by atoms with E-state index in [9.17, 15) is 9.18 Å². The molecule has 1 atom stereocenters. The average Bonchev–Trinajstić information content (AvgIpc) is 2.48. The monoisotopic (exact) mass is 307 g/mol. The molecule has 0 spiro atoms. The highest BCUT2D eigenvalue weighted by atomic mass is 35.5. The van der Waals surface area contributed by atoms with E-state index in [1.807, 2.05) is 0 Å². The second kappa shape index (κ2) is 7.09. The Hall–Kier alpha value is -2.07. The molecule has 0 bridgehead atoms. The molecule has 2 aromatic rings. The largest absolute Gasteiger partial charge is 0.481 e.